The van der Waals surface area contributed by atoms with Gasteiger partial charge in [0.2, 0.25) is 5.91 Å². The number of benzene rings is 2. The predicted octanol–water partition coefficient (Wildman–Crippen LogP) is 4.27. The highest BCUT2D eigenvalue weighted by molar-refractivity contribution is 9.10. The predicted molar refractivity (Wildman–Crippen MR) is 92.0 cm³/mol. The number of anilines is 2. The third-order valence-electron chi connectivity index (χ3n) is 2.73. The summed E-state index contributed by atoms with van der Waals surface area (Å²) in [6.07, 6.45) is 0. The first-order valence-corrected chi connectivity index (χ1v) is 7.80. The van der Waals surface area contributed by atoms with Gasteiger partial charge in [-0.15, -0.1) is 0 Å². The lowest BCUT2D eigenvalue weighted by atomic mass is 10.3. The molecular weight excluding hydrogens is 400 g/mol. The van der Waals surface area contributed by atoms with Gasteiger partial charge in [-0.25, -0.2) is 0 Å². The van der Waals surface area contributed by atoms with Gasteiger partial charge in [0, 0.05) is 15.8 Å². The third kappa shape index (κ3) is 4.75. The number of methoxy groups -OCH3 is 1. The Balaban J connectivity index is 1.89. The van der Waals surface area contributed by atoms with Gasteiger partial charge in [-0.3, -0.25) is 4.79 Å². The number of carbonyl (C=O) groups excluding carboxylic acids is 1. The summed E-state index contributed by atoms with van der Waals surface area (Å²) in [5.41, 5.74) is 1.61. The lowest BCUT2D eigenvalue weighted by Gasteiger charge is -2.09. The van der Waals surface area contributed by atoms with Crippen molar-refractivity contribution in [3.05, 3.63) is 51.4 Å². The molecule has 0 unspecified atom stereocenters. The van der Waals surface area contributed by atoms with Gasteiger partial charge in [0.15, 0.2) is 0 Å². The molecule has 110 valence electrons. The molecule has 21 heavy (non-hydrogen) atoms. The average molecular weight is 414 g/mol. The van der Waals surface area contributed by atoms with Crippen LogP contribution in [0.25, 0.3) is 0 Å². The molecule has 0 heterocycles. The van der Waals surface area contributed by atoms with Crippen molar-refractivity contribution in [1.29, 1.82) is 0 Å². The Morgan fingerprint density at radius 2 is 1.76 bits per heavy atom. The van der Waals surface area contributed by atoms with E-state index in [1.165, 1.54) is 0 Å². The van der Waals surface area contributed by atoms with Crippen molar-refractivity contribution in [3.8, 4) is 5.75 Å². The summed E-state index contributed by atoms with van der Waals surface area (Å²) in [4.78, 5) is 11.9. The molecule has 0 aliphatic heterocycles. The fourth-order valence-electron chi connectivity index (χ4n) is 1.70. The normalized spacial score (nSPS) is 10.0. The van der Waals surface area contributed by atoms with Crippen LogP contribution in [0.2, 0.25) is 0 Å². The molecule has 2 rings (SSSR count). The molecule has 2 aromatic carbocycles. The van der Waals surface area contributed by atoms with E-state index in [1.54, 1.807) is 7.11 Å². The second-order valence-corrected chi connectivity index (χ2v) is 6.03. The zero-order valence-electron chi connectivity index (χ0n) is 11.3. The molecule has 2 N–H and O–H groups in total. The quantitative estimate of drug-likeness (QED) is 0.769. The summed E-state index contributed by atoms with van der Waals surface area (Å²) < 4.78 is 6.97. The lowest BCUT2D eigenvalue weighted by Crippen LogP contribution is -2.21. The van der Waals surface area contributed by atoms with Crippen molar-refractivity contribution >= 4 is 49.1 Å². The topological polar surface area (TPSA) is 50.4 Å². The minimum Gasteiger partial charge on any atom is -0.496 e. The van der Waals surface area contributed by atoms with Crippen molar-refractivity contribution < 1.29 is 9.53 Å². The molecule has 0 fully saturated rings. The van der Waals surface area contributed by atoms with E-state index in [2.05, 4.69) is 42.5 Å². The van der Waals surface area contributed by atoms with Gasteiger partial charge in [0.1, 0.15) is 5.75 Å². The standard InChI is InChI=1S/C15H14Br2N2O2/c1-21-14-7-6-12(8-13(14)17)18-9-15(20)19-11-4-2-10(16)3-5-11/h2-8,18H,9H2,1H3,(H,19,20). The van der Waals surface area contributed by atoms with Crippen LogP contribution in [0, 0.1) is 0 Å². The van der Waals surface area contributed by atoms with E-state index in [1.807, 2.05) is 42.5 Å². The molecule has 4 nitrogen and oxygen atoms in total. The van der Waals surface area contributed by atoms with Crippen molar-refractivity contribution in [2.45, 2.75) is 0 Å². The molecule has 0 aliphatic carbocycles. The number of ether oxygens (including phenoxy) is 1. The van der Waals surface area contributed by atoms with Crippen LogP contribution in [0.15, 0.2) is 51.4 Å². The van der Waals surface area contributed by atoms with Crippen molar-refractivity contribution in [2.75, 3.05) is 24.3 Å². The maximum absolute atomic E-state index is 11.9. The second kappa shape index (κ2) is 7.47. The number of amides is 1. The molecule has 0 saturated heterocycles. The summed E-state index contributed by atoms with van der Waals surface area (Å²) in [5.74, 6) is 0.643. The van der Waals surface area contributed by atoms with Gasteiger partial charge in [-0.05, 0) is 58.4 Å². The Bertz CT molecular complexity index is 630. The van der Waals surface area contributed by atoms with E-state index < -0.39 is 0 Å². The molecule has 0 spiro atoms. The van der Waals surface area contributed by atoms with Crippen molar-refractivity contribution in [2.24, 2.45) is 0 Å². The maximum Gasteiger partial charge on any atom is 0.243 e. The zero-order valence-corrected chi connectivity index (χ0v) is 14.5. The van der Waals surface area contributed by atoms with Crippen LogP contribution in [0.3, 0.4) is 0 Å². The van der Waals surface area contributed by atoms with Crippen LogP contribution in [-0.4, -0.2) is 19.6 Å². The highest BCUT2D eigenvalue weighted by Crippen LogP contribution is 2.27. The van der Waals surface area contributed by atoms with Gasteiger partial charge in [0.05, 0.1) is 18.1 Å². The van der Waals surface area contributed by atoms with Gasteiger partial charge in [0.25, 0.3) is 0 Å². The van der Waals surface area contributed by atoms with Gasteiger partial charge in [-0.2, -0.15) is 0 Å². The van der Waals surface area contributed by atoms with Crippen LogP contribution < -0.4 is 15.4 Å². The zero-order chi connectivity index (χ0) is 15.2. The van der Waals surface area contributed by atoms with Gasteiger partial charge in [-0.1, -0.05) is 15.9 Å². The van der Waals surface area contributed by atoms with E-state index in [9.17, 15) is 4.79 Å². The first-order valence-electron chi connectivity index (χ1n) is 6.21. The first-order chi connectivity index (χ1) is 10.1. The summed E-state index contributed by atoms with van der Waals surface area (Å²) in [5, 5.41) is 5.88. The van der Waals surface area contributed by atoms with E-state index >= 15 is 0 Å². The smallest absolute Gasteiger partial charge is 0.243 e. The summed E-state index contributed by atoms with van der Waals surface area (Å²) in [7, 11) is 1.61. The highest BCUT2D eigenvalue weighted by atomic mass is 79.9. The molecule has 6 heteroatoms. The highest BCUT2D eigenvalue weighted by Gasteiger charge is 2.04. The summed E-state index contributed by atoms with van der Waals surface area (Å²) in [6, 6.07) is 13.0. The maximum atomic E-state index is 11.9. The Hall–Kier alpha value is -1.53. The van der Waals surface area contributed by atoms with Crippen LogP contribution in [0.1, 0.15) is 0 Å². The van der Waals surface area contributed by atoms with E-state index in [0.29, 0.717) is 0 Å². The number of nitrogens with one attached hydrogen (secondary N) is 2. The molecule has 2 aromatic rings. The summed E-state index contributed by atoms with van der Waals surface area (Å²) >= 11 is 6.76. The number of hydrogen-bond donors (Lipinski definition) is 2. The Morgan fingerprint density at radius 3 is 2.38 bits per heavy atom. The van der Waals surface area contributed by atoms with Crippen molar-refractivity contribution in [3.63, 3.8) is 0 Å². The molecule has 0 aliphatic rings. The van der Waals surface area contributed by atoms with Crippen LogP contribution in [0.4, 0.5) is 11.4 Å². The molecule has 0 atom stereocenters. The minimum atomic E-state index is -0.107. The molecule has 0 aromatic heterocycles. The van der Waals surface area contributed by atoms with Crippen LogP contribution >= 0.6 is 31.9 Å². The molecule has 0 bridgehead atoms. The monoisotopic (exact) mass is 412 g/mol. The largest absolute Gasteiger partial charge is 0.496 e. The molecule has 0 radical (unpaired) electrons. The third-order valence-corrected chi connectivity index (χ3v) is 3.88. The van der Waals surface area contributed by atoms with Gasteiger partial charge >= 0.3 is 0 Å². The van der Waals surface area contributed by atoms with Crippen LogP contribution in [0.5, 0.6) is 5.75 Å². The number of hydrogen-bond acceptors (Lipinski definition) is 3. The van der Waals surface area contributed by atoms with E-state index in [4.69, 9.17) is 4.74 Å². The fourth-order valence-corrected chi connectivity index (χ4v) is 2.50. The lowest BCUT2D eigenvalue weighted by molar-refractivity contribution is -0.114. The molecular formula is C15H14Br2N2O2. The molecule has 0 saturated carbocycles. The van der Waals surface area contributed by atoms with Crippen LogP contribution in [-0.2, 0) is 4.79 Å². The number of halogens is 2. The average Bonchev–Trinajstić information content (AvgIpc) is 2.48. The second-order valence-electron chi connectivity index (χ2n) is 4.26. The first kappa shape index (κ1) is 15.9. The number of carbonyl (C=O) groups is 1. The SMILES string of the molecule is COc1ccc(NCC(=O)Nc2ccc(Br)cc2)cc1Br. The molecule has 1 amide bonds. The Morgan fingerprint density at radius 1 is 1.10 bits per heavy atom. The number of rotatable bonds is 5. The minimum absolute atomic E-state index is 0.107. The summed E-state index contributed by atoms with van der Waals surface area (Å²) in [6.45, 7) is 0.189. The Labute approximate surface area is 140 Å². The van der Waals surface area contributed by atoms with Crippen molar-refractivity contribution in [1.82, 2.24) is 0 Å². The van der Waals surface area contributed by atoms with E-state index in [-0.39, 0.29) is 12.5 Å². The van der Waals surface area contributed by atoms with E-state index in [0.717, 1.165) is 26.1 Å². The fraction of sp³-hybridized carbons (Fsp3) is 0.133. The van der Waals surface area contributed by atoms with Gasteiger partial charge < -0.3 is 15.4 Å². The Kier molecular flexibility index (Phi) is 5.64.